The van der Waals surface area contributed by atoms with Crippen LogP contribution in [0.1, 0.15) is 31.9 Å². The molecule has 2 N–H and O–H groups in total. The summed E-state index contributed by atoms with van der Waals surface area (Å²) >= 11 is 0. The molecular weight excluding hydrogens is 277 g/mol. The Balaban J connectivity index is 0.00000289. The fourth-order valence-corrected chi connectivity index (χ4v) is 1.57. The number of hydrogen-bond acceptors (Lipinski definition) is 1. The third-order valence-electron chi connectivity index (χ3n) is 2.34. The van der Waals surface area contributed by atoms with Crippen molar-refractivity contribution >= 4 is 12.4 Å². The summed E-state index contributed by atoms with van der Waals surface area (Å²) in [4.78, 5) is 0. The van der Waals surface area contributed by atoms with Crippen LogP contribution in [-0.4, -0.2) is 0 Å². The zero-order chi connectivity index (χ0) is 13.3. The van der Waals surface area contributed by atoms with Crippen molar-refractivity contribution in [2.24, 2.45) is 11.7 Å². The minimum Gasteiger partial charge on any atom is -0.324 e. The van der Waals surface area contributed by atoms with Gasteiger partial charge >= 0.3 is 0 Å². The highest BCUT2D eigenvalue weighted by Gasteiger charge is 2.28. The van der Waals surface area contributed by atoms with E-state index in [-0.39, 0.29) is 24.7 Å². The zero-order valence-corrected chi connectivity index (χ0v) is 10.6. The van der Waals surface area contributed by atoms with Crippen LogP contribution in [0.3, 0.4) is 0 Å². The van der Waals surface area contributed by atoms with Crippen LogP contribution in [0.25, 0.3) is 0 Å². The van der Waals surface area contributed by atoms with Gasteiger partial charge < -0.3 is 5.73 Å². The van der Waals surface area contributed by atoms with Crippen molar-refractivity contribution in [1.29, 1.82) is 0 Å². The van der Waals surface area contributed by atoms with Crippen LogP contribution in [0.2, 0.25) is 0 Å². The Kier molecular flexibility index (Phi) is 6.02. The molecule has 1 nitrogen and oxygen atoms in total. The second-order valence-electron chi connectivity index (χ2n) is 4.22. The molecule has 0 radical (unpaired) electrons. The minimum atomic E-state index is -2.17. The van der Waals surface area contributed by atoms with Gasteiger partial charge in [-0.15, -0.1) is 12.4 Å². The van der Waals surface area contributed by atoms with E-state index in [1.54, 1.807) is 13.8 Å². The van der Waals surface area contributed by atoms with E-state index in [0.29, 0.717) is 0 Å². The first-order chi connectivity index (χ1) is 7.77. The van der Waals surface area contributed by atoms with Crippen LogP contribution in [-0.2, 0) is 0 Å². The molecule has 0 aliphatic carbocycles. The molecule has 104 valence electrons. The summed E-state index contributed by atoms with van der Waals surface area (Å²) in [6, 6.07) is -1.22. The molecule has 0 aromatic heterocycles. The topological polar surface area (TPSA) is 26.0 Å². The molecule has 0 heterocycles. The van der Waals surface area contributed by atoms with Crippen molar-refractivity contribution in [2.75, 3.05) is 0 Å². The van der Waals surface area contributed by atoms with Crippen LogP contribution in [0.4, 0.5) is 22.0 Å². The lowest BCUT2D eigenvalue weighted by molar-refractivity contribution is 0.357. The van der Waals surface area contributed by atoms with Gasteiger partial charge in [0.1, 0.15) is 0 Å². The van der Waals surface area contributed by atoms with Gasteiger partial charge in [-0.25, -0.2) is 22.0 Å². The molecule has 7 heteroatoms. The van der Waals surface area contributed by atoms with Crippen LogP contribution in [0, 0.1) is 35.0 Å². The zero-order valence-electron chi connectivity index (χ0n) is 9.74. The van der Waals surface area contributed by atoms with E-state index in [1.807, 2.05) is 0 Å². The van der Waals surface area contributed by atoms with E-state index in [0.717, 1.165) is 0 Å². The molecule has 0 saturated heterocycles. The molecule has 0 saturated carbocycles. The highest BCUT2D eigenvalue weighted by atomic mass is 35.5. The number of benzene rings is 1. The molecule has 1 atom stereocenters. The smallest absolute Gasteiger partial charge is 0.200 e. The van der Waals surface area contributed by atoms with E-state index >= 15 is 0 Å². The summed E-state index contributed by atoms with van der Waals surface area (Å²) in [6.07, 6.45) is 0.123. The van der Waals surface area contributed by atoms with E-state index in [1.165, 1.54) is 0 Å². The van der Waals surface area contributed by atoms with E-state index in [2.05, 4.69) is 0 Å². The first kappa shape index (κ1) is 17.1. The number of rotatable bonds is 3. The summed E-state index contributed by atoms with van der Waals surface area (Å²) in [5.74, 6) is -9.82. The van der Waals surface area contributed by atoms with Gasteiger partial charge in [0.2, 0.25) is 5.82 Å². The van der Waals surface area contributed by atoms with Gasteiger partial charge in [0, 0.05) is 11.6 Å². The Morgan fingerprint density at radius 2 is 1.17 bits per heavy atom. The lowest BCUT2D eigenvalue weighted by atomic mass is 9.96. The summed E-state index contributed by atoms with van der Waals surface area (Å²) in [5.41, 5.74) is 4.50. The summed E-state index contributed by atoms with van der Waals surface area (Å²) in [6.45, 7) is 3.46. The summed E-state index contributed by atoms with van der Waals surface area (Å²) in [7, 11) is 0. The Morgan fingerprint density at radius 3 is 1.50 bits per heavy atom. The van der Waals surface area contributed by atoms with Gasteiger partial charge in [0.05, 0.1) is 0 Å². The third kappa shape index (κ3) is 3.11. The molecular formula is C11H13ClF5N. The lowest BCUT2D eigenvalue weighted by Crippen LogP contribution is -2.19. The quantitative estimate of drug-likeness (QED) is 0.510. The van der Waals surface area contributed by atoms with Gasteiger partial charge in [-0.2, -0.15) is 0 Å². The molecule has 0 aliphatic heterocycles. The molecule has 1 aromatic carbocycles. The highest BCUT2D eigenvalue weighted by molar-refractivity contribution is 5.85. The largest absolute Gasteiger partial charge is 0.324 e. The fourth-order valence-electron chi connectivity index (χ4n) is 1.57. The minimum absolute atomic E-state index is 0. The normalized spacial score (nSPS) is 12.5. The Morgan fingerprint density at radius 1 is 0.833 bits per heavy atom. The number of halogens is 6. The van der Waals surface area contributed by atoms with Crippen LogP contribution in [0.5, 0.6) is 0 Å². The molecule has 18 heavy (non-hydrogen) atoms. The molecule has 1 rings (SSSR count). The predicted molar refractivity (Wildman–Crippen MR) is 59.9 cm³/mol. The molecule has 0 spiro atoms. The molecule has 0 amide bonds. The van der Waals surface area contributed by atoms with Crippen molar-refractivity contribution in [1.82, 2.24) is 0 Å². The van der Waals surface area contributed by atoms with E-state index in [9.17, 15) is 22.0 Å². The first-order valence-electron chi connectivity index (χ1n) is 5.04. The first-order valence-corrected chi connectivity index (χ1v) is 5.04. The monoisotopic (exact) mass is 289 g/mol. The standard InChI is InChI=1S/C11H12F5N.ClH/c1-4(2)3-5(17)6-7(12)9(14)11(16)10(15)8(6)13;/h4-5H,3,17H2,1-2H3;1H/t5-;/m1./s1. The van der Waals surface area contributed by atoms with Crippen molar-refractivity contribution in [3.05, 3.63) is 34.6 Å². The van der Waals surface area contributed by atoms with Gasteiger partial charge in [0.25, 0.3) is 0 Å². The van der Waals surface area contributed by atoms with Crippen molar-refractivity contribution < 1.29 is 22.0 Å². The van der Waals surface area contributed by atoms with E-state index < -0.39 is 40.7 Å². The molecule has 0 unspecified atom stereocenters. The van der Waals surface area contributed by atoms with Crippen LogP contribution in [0.15, 0.2) is 0 Å². The number of hydrogen-bond donors (Lipinski definition) is 1. The van der Waals surface area contributed by atoms with Gasteiger partial charge in [-0.05, 0) is 12.3 Å². The Labute approximate surface area is 108 Å². The maximum absolute atomic E-state index is 13.3. The maximum Gasteiger partial charge on any atom is 0.200 e. The maximum atomic E-state index is 13.3. The van der Waals surface area contributed by atoms with Gasteiger partial charge in [0.15, 0.2) is 23.3 Å². The molecule has 0 aliphatic rings. The second-order valence-corrected chi connectivity index (χ2v) is 4.22. The molecule has 0 fully saturated rings. The Hall–Kier alpha value is -0.880. The van der Waals surface area contributed by atoms with Gasteiger partial charge in [-0.1, -0.05) is 13.8 Å². The van der Waals surface area contributed by atoms with Crippen LogP contribution < -0.4 is 5.73 Å². The fraction of sp³-hybridized carbons (Fsp3) is 0.455. The Bertz CT molecular complexity index is 407. The number of nitrogens with two attached hydrogens (primary N) is 1. The van der Waals surface area contributed by atoms with Crippen molar-refractivity contribution in [2.45, 2.75) is 26.3 Å². The third-order valence-corrected chi connectivity index (χ3v) is 2.34. The van der Waals surface area contributed by atoms with E-state index in [4.69, 9.17) is 5.73 Å². The second kappa shape index (κ2) is 6.33. The lowest BCUT2D eigenvalue weighted by Gasteiger charge is -2.16. The van der Waals surface area contributed by atoms with Crippen molar-refractivity contribution in [3.8, 4) is 0 Å². The average Bonchev–Trinajstić information content (AvgIpc) is 2.23. The predicted octanol–water partition coefficient (Wildman–Crippen LogP) is 3.85. The van der Waals surface area contributed by atoms with Crippen molar-refractivity contribution in [3.63, 3.8) is 0 Å². The summed E-state index contributed by atoms with van der Waals surface area (Å²) in [5, 5.41) is 0. The average molecular weight is 290 g/mol. The highest BCUT2D eigenvalue weighted by Crippen LogP contribution is 2.29. The SMILES string of the molecule is CC(C)C[C@@H](N)c1c(F)c(F)c(F)c(F)c1F.Cl. The van der Waals surface area contributed by atoms with Crippen LogP contribution >= 0.6 is 12.4 Å². The molecule has 1 aromatic rings. The summed E-state index contributed by atoms with van der Waals surface area (Å²) < 4.78 is 65.1. The molecule has 0 bridgehead atoms. The van der Waals surface area contributed by atoms with Gasteiger partial charge in [-0.3, -0.25) is 0 Å².